The summed E-state index contributed by atoms with van der Waals surface area (Å²) in [6.45, 7) is 16.1. The molecule has 0 saturated carbocycles. The highest BCUT2D eigenvalue weighted by Crippen LogP contribution is 2.35. The number of benzene rings is 2. The van der Waals surface area contributed by atoms with E-state index in [0.717, 1.165) is 50.4 Å². The molecule has 2 aromatic carbocycles. The van der Waals surface area contributed by atoms with Crippen LogP contribution in [0.15, 0.2) is 41.5 Å². The van der Waals surface area contributed by atoms with E-state index in [9.17, 15) is 4.79 Å². The highest BCUT2D eigenvalue weighted by molar-refractivity contribution is 6.04. The van der Waals surface area contributed by atoms with E-state index in [4.69, 9.17) is 5.10 Å². The maximum Gasteiger partial charge on any atom is 0.257 e. The molecule has 0 N–H and O–H groups in total. The number of carbonyl (C=O) groups excluding carboxylic acids is 1. The molecule has 1 amide bonds. The van der Waals surface area contributed by atoms with Gasteiger partial charge >= 0.3 is 0 Å². The van der Waals surface area contributed by atoms with Crippen molar-refractivity contribution in [2.75, 3.05) is 39.3 Å². The number of hydrazone groups is 1. The average Bonchev–Trinajstić information content (AvgIpc) is 3.21. The summed E-state index contributed by atoms with van der Waals surface area (Å²) in [7, 11) is 0. The zero-order valence-electron chi connectivity index (χ0n) is 20.2. The molecule has 1 atom stereocenters. The van der Waals surface area contributed by atoms with Gasteiger partial charge in [-0.25, -0.2) is 5.01 Å². The van der Waals surface area contributed by atoms with Gasteiger partial charge in [0.1, 0.15) is 0 Å². The van der Waals surface area contributed by atoms with Crippen LogP contribution in [-0.2, 0) is 4.79 Å². The van der Waals surface area contributed by atoms with E-state index >= 15 is 0 Å². The monoisotopic (exact) mass is 432 g/mol. The molecule has 170 valence electrons. The maximum absolute atomic E-state index is 13.5. The Bertz CT molecular complexity index is 1020. The standard InChI is InChI=1S/C27H36N4O/c1-6-29-11-13-30(14-12-29)18-27(32)31-26(24-16-20(3)7-9-21(24)4)17-25(28-31)23-10-8-19(2)15-22(23)5/h7-10,15-16,26H,6,11-14,17-18H2,1-5H3. The molecule has 2 aromatic rings. The average molecular weight is 433 g/mol. The number of aryl methyl sites for hydroxylation is 4. The number of rotatable bonds is 5. The van der Waals surface area contributed by atoms with Crippen molar-refractivity contribution in [1.29, 1.82) is 0 Å². The minimum absolute atomic E-state index is 0.0463. The lowest BCUT2D eigenvalue weighted by atomic mass is 9.92. The van der Waals surface area contributed by atoms with Crippen molar-refractivity contribution in [1.82, 2.24) is 14.8 Å². The van der Waals surface area contributed by atoms with Gasteiger partial charge in [0.2, 0.25) is 0 Å². The Morgan fingerprint density at radius 1 is 0.906 bits per heavy atom. The molecule has 0 radical (unpaired) electrons. The second-order valence-electron chi connectivity index (χ2n) is 9.39. The van der Waals surface area contributed by atoms with Crippen molar-refractivity contribution >= 4 is 11.6 Å². The van der Waals surface area contributed by atoms with Crippen LogP contribution < -0.4 is 0 Å². The zero-order chi connectivity index (χ0) is 22.8. The molecule has 0 bridgehead atoms. The number of piperazine rings is 1. The Hall–Kier alpha value is -2.50. The van der Waals surface area contributed by atoms with Gasteiger partial charge in [-0.1, -0.05) is 54.4 Å². The topological polar surface area (TPSA) is 39.1 Å². The van der Waals surface area contributed by atoms with Gasteiger partial charge in [-0.3, -0.25) is 9.69 Å². The predicted octanol–water partition coefficient (Wildman–Crippen LogP) is 4.24. The van der Waals surface area contributed by atoms with Crippen molar-refractivity contribution in [2.45, 2.75) is 47.1 Å². The highest BCUT2D eigenvalue weighted by atomic mass is 16.2. The molecule has 2 heterocycles. The van der Waals surface area contributed by atoms with Crippen molar-refractivity contribution in [3.63, 3.8) is 0 Å². The molecule has 2 aliphatic rings. The first kappa shape index (κ1) is 22.7. The maximum atomic E-state index is 13.5. The van der Waals surface area contributed by atoms with Gasteiger partial charge in [-0.2, -0.15) is 5.10 Å². The molecular weight excluding hydrogens is 396 g/mol. The fourth-order valence-corrected chi connectivity index (χ4v) is 4.93. The van der Waals surface area contributed by atoms with Crippen LogP contribution in [0.25, 0.3) is 0 Å². The summed E-state index contributed by atoms with van der Waals surface area (Å²) >= 11 is 0. The van der Waals surface area contributed by atoms with Crippen LogP contribution in [0.1, 0.15) is 52.8 Å². The first-order valence-electron chi connectivity index (χ1n) is 11.8. The molecule has 2 aliphatic heterocycles. The smallest absolute Gasteiger partial charge is 0.257 e. The summed E-state index contributed by atoms with van der Waals surface area (Å²) in [5.74, 6) is 0.0978. The second-order valence-corrected chi connectivity index (χ2v) is 9.39. The fourth-order valence-electron chi connectivity index (χ4n) is 4.93. The largest absolute Gasteiger partial charge is 0.301 e. The van der Waals surface area contributed by atoms with E-state index in [-0.39, 0.29) is 11.9 Å². The summed E-state index contributed by atoms with van der Waals surface area (Å²) in [4.78, 5) is 18.2. The predicted molar refractivity (Wildman–Crippen MR) is 131 cm³/mol. The third-order valence-corrected chi connectivity index (χ3v) is 6.92. The lowest BCUT2D eigenvalue weighted by molar-refractivity contribution is -0.134. The van der Waals surface area contributed by atoms with Crippen LogP contribution in [0.4, 0.5) is 0 Å². The van der Waals surface area contributed by atoms with Crippen molar-refractivity contribution in [2.24, 2.45) is 5.10 Å². The van der Waals surface area contributed by atoms with E-state index in [1.807, 2.05) is 0 Å². The molecule has 1 saturated heterocycles. The summed E-state index contributed by atoms with van der Waals surface area (Å²) < 4.78 is 0. The van der Waals surface area contributed by atoms with Crippen LogP contribution >= 0.6 is 0 Å². The van der Waals surface area contributed by atoms with Gasteiger partial charge in [0.25, 0.3) is 5.91 Å². The van der Waals surface area contributed by atoms with Crippen LogP contribution in [0.2, 0.25) is 0 Å². The second kappa shape index (κ2) is 9.55. The normalized spacial score (nSPS) is 20.0. The quantitative estimate of drug-likeness (QED) is 0.710. The molecule has 0 aliphatic carbocycles. The molecule has 0 spiro atoms. The third-order valence-electron chi connectivity index (χ3n) is 6.92. The zero-order valence-corrected chi connectivity index (χ0v) is 20.2. The Kier molecular flexibility index (Phi) is 6.77. The van der Waals surface area contributed by atoms with Gasteiger partial charge in [-0.05, 0) is 50.9 Å². The van der Waals surface area contributed by atoms with Crippen molar-refractivity contribution < 1.29 is 4.79 Å². The molecule has 1 fully saturated rings. The number of hydrogen-bond acceptors (Lipinski definition) is 4. The molecule has 4 rings (SSSR count). The summed E-state index contributed by atoms with van der Waals surface area (Å²) in [6.07, 6.45) is 0.754. The van der Waals surface area contributed by atoms with Crippen molar-refractivity contribution in [3.05, 3.63) is 69.8 Å². The number of carbonyl (C=O) groups is 1. The Labute approximate surface area is 192 Å². The molecule has 5 nitrogen and oxygen atoms in total. The van der Waals surface area contributed by atoms with Gasteiger partial charge in [0.15, 0.2) is 0 Å². The van der Waals surface area contributed by atoms with Crippen LogP contribution in [-0.4, -0.2) is 65.7 Å². The lowest BCUT2D eigenvalue weighted by Crippen LogP contribution is -2.49. The lowest BCUT2D eigenvalue weighted by Gasteiger charge is -2.34. The number of likely N-dealkylation sites (N-methyl/N-ethyl adjacent to an activating group) is 1. The summed E-state index contributed by atoms with van der Waals surface area (Å²) in [5.41, 5.74) is 8.26. The van der Waals surface area contributed by atoms with Crippen molar-refractivity contribution in [3.8, 4) is 0 Å². The first-order chi connectivity index (χ1) is 15.4. The number of hydrogen-bond donors (Lipinski definition) is 0. The minimum Gasteiger partial charge on any atom is -0.301 e. The Morgan fingerprint density at radius 3 is 2.25 bits per heavy atom. The van der Waals surface area contributed by atoms with E-state index in [1.54, 1.807) is 5.01 Å². The van der Waals surface area contributed by atoms with E-state index < -0.39 is 0 Å². The Morgan fingerprint density at radius 2 is 1.56 bits per heavy atom. The van der Waals surface area contributed by atoms with E-state index in [1.165, 1.54) is 27.8 Å². The third kappa shape index (κ3) is 4.79. The SMILES string of the molecule is CCN1CCN(CC(=O)N2N=C(c3ccc(C)cc3C)CC2c2cc(C)ccc2C)CC1. The summed E-state index contributed by atoms with van der Waals surface area (Å²) in [5, 5.41) is 6.72. The fraction of sp³-hybridized carbons (Fsp3) is 0.481. The van der Waals surface area contributed by atoms with Gasteiger partial charge in [-0.15, -0.1) is 0 Å². The van der Waals surface area contributed by atoms with E-state index in [2.05, 4.69) is 80.8 Å². The highest BCUT2D eigenvalue weighted by Gasteiger charge is 2.35. The number of amides is 1. The molecule has 0 aromatic heterocycles. The van der Waals surface area contributed by atoms with E-state index in [0.29, 0.717) is 6.54 Å². The summed E-state index contributed by atoms with van der Waals surface area (Å²) in [6, 6.07) is 13.0. The number of nitrogens with zero attached hydrogens (tertiary/aromatic N) is 4. The van der Waals surface area contributed by atoms with Gasteiger partial charge < -0.3 is 4.90 Å². The molecule has 32 heavy (non-hydrogen) atoms. The van der Waals surface area contributed by atoms with Crippen LogP contribution in [0.3, 0.4) is 0 Å². The van der Waals surface area contributed by atoms with Crippen LogP contribution in [0, 0.1) is 27.7 Å². The van der Waals surface area contributed by atoms with Gasteiger partial charge in [0.05, 0.1) is 18.3 Å². The minimum atomic E-state index is -0.0463. The molecule has 5 heteroatoms. The molecule has 1 unspecified atom stereocenters. The van der Waals surface area contributed by atoms with Crippen LogP contribution in [0.5, 0.6) is 0 Å². The Balaban J connectivity index is 1.62. The molecular formula is C27H36N4O. The first-order valence-corrected chi connectivity index (χ1v) is 11.8. The van der Waals surface area contributed by atoms with Gasteiger partial charge in [0, 0.05) is 38.2 Å².